The van der Waals surface area contributed by atoms with Gasteiger partial charge in [-0.15, -0.1) is 0 Å². The van der Waals surface area contributed by atoms with E-state index in [1.165, 1.54) is 44.7 Å². The Bertz CT molecular complexity index is 776. The number of carbonyl (C=O) groups is 1. The van der Waals surface area contributed by atoms with E-state index in [9.17, 15) is 9.90 Å². The highest BCUT2D eigenvalue weighted by Gasteiger charge is 2.55. The van der Waals surface area contributed by atoms with Gasteiger partial charge in [0.25, 0.3) is 5.91 Å². The molecule has 4 bridgehead atoms. The van der Waals surface area contributed by atoms with E-state index >= 15 is 0 Å². The summed E-state index contributed by atoms with van der Waals surface area (Å²) in [6, 6.07) is 5.19. The molecule has 6 nitrogen and oxygen atoms in total. The molecule has 5 fully saturated rings. The van der Waals surface area contributed by atoms with Crippen LogP contribution in [0.15, 0.2) is 27.8 Å². The zero-order valence-electron chi connectivity index (χ0n) is 15.8. The van der Waals surface area contributed by atoms with E-state index in [2.05, 4.69) is 37.3 Å². The van der Waals surface area contributed by atoms with Gasteiger partial charge < -0.3 is 5.11 Å². The summed E-state index contributed by atoms with van der Waals surface area (Å²) >= 11 is 3.36. The first-order chi connectivity index (χ1) is 13.5. The third kappa shape index (κ3) is 3.37. The van der Waals surface area contributed by atoms with E-state index in [1.807, 2.05) is 0 Å². The molecule has 0 spiro atoms. The van der Waals surface area contributed by atoms with Crippen molar-refractivity contribution in [1.29, 1.82) is 0 Å². The number of carbonyl (C=O) groups excluding carboxylic acids is 1. The average Bonchev–Trinajstić information content (AvgIpc) is 3.14. The van der Waals surface area contributed by atoms with E-state index in [0.29, 0.717) is 17.0 Å². The molecule has 28 heavy (non-hydrogen) atoms. The lowest BCUT2D eigenvalue weighted by Crippen LogP contribution is -2.55. The van der Waals surface area contributed by atoms with Crippen LogP contribution >= 0.6 is 15.9 Å². The van der Waals surface area contributed by atoms with Crippen LogP contribution in [0.3, 0.4) is 0 Å². The van der Waals surface area contributed by atoms with Gasteiger partial charge in [0.1, 0.15) is 11.8 Å². The summed E-state index contributed by atoms with van der Waals surface area (Å²) in [7, 11) is 0. The first-order valence-corrected chi connectivity index (χ1v) is 11.1. The van der Waals surface area contributed by atoms with Gasteiger partial charge in [-0.1, -0.05) is 15.9 Å². The maximum atomic E-state index is 12.6. The minimum absolute atomic E-state index is 0.128. The highest BCUT2D eigenvalue weighted by Crippen LogP contribution is 2.61. The molecule has 6 rings (SSSR count). The number of hydrazine groups is 1. The molecule has 0 aromatic heterocycles. The Labute approximate surface area is 173 Å². The van der Waals surface area contributed by atoms with Gasteiger partial charge in [0, 0.05) is 16.1 Å². The molecule has 4 saturated carbocycles. The summed E-state index contributed by atoms with van der Waals surface area (Å²) in [5.41, 5.74) is 10.2. The fourth-order valence-electron chi connectivity index (χ4n) is 6.61. The fraction of sp³-hybridized carbons (Fsp3) is 0.619. The number of hydrazone groups is 1. The molecule has 0 radical (unpaired) electrons. The molecule has 7 heteroatoms. The van der Waals surface area contributed by atoms with Crippen LogP contribution in [0, 0.1) is 23.2 Å². The molecule has 1 saturated heterocycles. The van der Waals surface area contributed by atoms with Gasteiger partial charge >= 0.3 is 0 Å². The van der Waals surface area contributed by atoms with E-state index in [0.717, 1.165) is 28.6 Å². The molecule has 4 N–H and O–H groups in total. The van der Waals surface area contributed by atoms with Crippen LogP contribution in [0.25, 0.3) is 0 Å². The lowest BCUT2D eigenvalue weighted by atomic mass is 9.47. The Morgan fingerprint density at radius 3 is 2.50 bits per heavy atom. The van der Waals surface area contributed by atoms with Crippen molar-refractivity contribution in [1.82, 2.24) is 16.3 Å². The third-order valence-electron chi connectivity index (χ3n) is 7.41. The third-order valence-corrected chi connectivity index (χ3v) is 7.91. The summed E-state index contributed by atoms with van der Waals surface area (Å²) in [4.78, 5) is 12.6. The minimum atomic E-state index is -0.272. The lowest BCUT2D eigenvalue weighted by molar-refractivity contribution is -0.123. The van der Waals surface area contributed by atoms with Gasteiger partial charge in [-0.2, -0.15) is 5.10 Å². The van der Waals surface area contributed by atoms with Crippen LogP contribution in [0.4, 0.5) is 0 Å². The Balaban J connectivity index is 1.20. The summed E-state index contributed by atoms with van der Waals surface area (Å²) in [5.74, 6) is 2.71. The zero-order chi connectivity index (χ0) is 19.3. The van der Waals surface area contributed by atoms with Crippen LogP contribution < -0.4 is 16.3 Å². The quantitative estimate of drug-likeness (QED) is 0.422. The Kier molecular flexibility index (Phi) is 4.72. The van der Waals surface area contributed by atoms with Crippen LogP contribution in [-0.4, -0.2) is 29.3 Å². The molecule has 1 aromatic carbocycles. The highest BCUT2D eigenvalue weighted by molar-refractivity contribution is 9.10. The van der Waals surface area contributed by atoms with E-state index in [1.54, 1.807) is 18.2 Å². The normalized spacial score (nSPS) is 39.0. The van der Waals surface area contributed by atoms with Crippen molar-refractivity contribution in [2.75, 3.05) is 0 Å². The number of hydrogen-bond acceptors (Lipinski definition) is 5. The van der Waals surface area contributed by atoms with Crippen LogP contribution in [0.5, 0.6) is 5.75 Å². The number of rotatable bonds is 4. The molecule has 1 heterocycles. The molecule has 5 aliphatic rings. The van der Waals surface area contributed by atoms with E-state index in [4.69, 9.17) is 0 Å². The number of hydrogen-bond donors (Lipinski definition) is 4. The predicted octanol–water partition coefficient (Wildman–Crippen LogP) is 3.06. The van der Waals surface area contributed by atoms with Crippen molar-refractivity contribution in [2.24, 2.45) is 28.3 Å². The number of benzene rings is 1. The van der Waals surface area contributed by atoms with Gasteiger partial charge in [0.05, 0.1) is 6.21 Å². The topological polar surface area (TPSA) is 85.8 Å². The van der Waals surface area contributed by atoms with Crippen molar-refractivity contribution in [3.8, 4) is 5.75 Å². The molecule has 1 amide bonds. The molecule has 1 aliphatic heterocycles. The second-order valence-electron chi connectivity index (χ2n) is 9.35. The highest BCUT2D eigenvalue weighted by atomic mass is 79.9. The van der Waals surface area contributed by atoms with Crippen molar-refractivity contribution in [3.63, 3.8) is 0 Å². The number of nitrogens with zero attached hydrogens (tertiary/aromatic N) is 1. The molecule has 150 valence electrons. The molecule has 2 atom stereocenters. The molecule has 4 aliphatic carbocycles. The summed E-state index contributed by atoms with van der Waals surface area (Å²) in [6.45, 7) is 0. The summed E-state index contributed by atoms with van der Waals surface area (Å²) in [6.07, 6.45) is 10.6. The first-order valence-electron chi connectivity index (χ1n) is 10.3. The van der Waals surface area contributed by atoms with Crippen molar-refractivity contribution >= 4 is 28.1 Å². The van der Waals surface area contributed by atoms with Crippen LogP contribution in [0.1, 0.15) is 50.5 Å². The number of phenolic OH excluding ortho intramolecular Hbond substituents is 1. The van der Waals surface area contributed by atoms with Gasteiger partial charge in [-0.05, 0) is 86.3 Å². The van der Waals surface area contributed by atoms with Crippen LogP contribution in [-0.2, 0) is 4.79 Å². The summed E-state index contributed by atoms with van der Waals surface area (Å²) in [5, 5.41) is 13.9. The number of amides is 1. The minimum Gasteiger partial charge on any atom is -0.507 e. The molecular formula is C21H27BrN4O2. The Hall–Kier alpha value is -1.44. The molecular weight excluding hydrogens is 420 g/mol. The Morgan fingerprint density at radius 2 is 1.82 bits per heavy atom. The number of aromatic hydroxyl groups is 1. The van der Waals surface area contributed by atoms with Crippen molar-refractivity contribution in [3.05, 3.63) is 28.2 Å². The second-order valence-corrected chi connectivity index (χ2v) is 10.3. The van der Waals surface area contributed by atoms with Crippen LogP contribution in [0.2, 0.25) is 0 Å². The van der Waals surface area contributed by atoms with Gasteiger partial charge in [0.15, 0.2) is 0 Å². The SMILES string of the molecule is O=C(N/N=C/c1cc(Br)ccc1O)C1CC(C23CC4CC(CC(C4)C2)C3)NN1. The summed E-state index contributed by atoms with van der Waals surface area (Å²) < 4.78 is 0.846. The lowest BCUT2D eigenvalue weighted by Gasteiger charge is -2.59. The second kappa shape index (κ2) is 7.11. The van der Waals surface area contributed by atoms with Gasteiger partial charge in [0.2, 0.25) is 0 Å². The molecule has 1 aromatic rings. The van der Waals surface area contributed by atoms with Crippen molar-refractivity contribution < 1.29 is 9.90 Å². The first kappa shape index (κ1) is 18.6. The predicted molar refractivity (Wildman–Crippen MR) is 111 cm³/mol. The van der Waals surface area contributed by atoms with Gasteiger partial charge in [-0.25, -0.2) is 10.9 Å². The zero-order valence-corrected chi connectivity index (χ0v) is 17.4. The van der Waals surface area contributed by atoms with E-state index < -0.39 is 0 Å². The Morgan fingerprint density at radius 1 is 1.14 bits per heavy atom. The number of nitrogens with one attached hydrogen (secondary N) is 3. The fourth-order valence-corrected chi connectivity index (χ4v) is 6.99. The largest absolute Gasteiger partial charge is 0.507 e. The smallest absolute Gasteiger partial charge is 0.258 e. The van der Waals surface area contributed by atoms with Crippen molar-refractivity contribution in [2.45, 2.75) is 57.0 Å². The number of halogens is 1. The maximum absolute atomic E-state index is 12.6. The maximum Gasteiger partial charge on any atom is 0.258 e. The monoisotopic (exact) mass is 446 g/mol. The molecule has 2 unspecified atom stereocenters. The number of phenols is 1. The average molecular weight is 447 g/mol. The standard InChI is InChI=1S/C21H27BrN4O2/c22-16-1-2-18(27)15(6-16)11-23-26-20(28)17-7-19(25-24-17)21-8-12-3-13(9-21)5-14(4-12)10-21/h1-2,6,11-14,17,19,24-25,27H,3-5,7-10H2,(H,26,28)/b23-11+. The van der Waals surface area contributed by atoms with Gasteiger partial charge in [-0.3, -0.25) is 10.2 Å². The van der Waals surface area contributed by atoms with E-state index in [-0.39, 0.29) is 17.7 Å².